The molecule has 0 bridgehead atoms. The van der Waals surface area contributed by atoms with Gasteiger partial charge in [0.25, 0.3) is 10.0 Å². The van der Waals surface area contributed by atoms with Crippen molar-refractivity contribution in [3.05, 3.63) is 46.4 Å². The average molecular weight is 328 g/mol. The third-order valence-corrected chi connectivity index (χ3v) is 4.27. The summed E-state index contributed by atoms with van der Waals surface area (Å²) in [5.74, 6) is 0.736. The Hall–Kier alpha value is -1.37. The molecule has 0 fully saturated rings. The fourth-order valence-electron chi connectivity index (χ4n) is 2.09. The van der Waals surface area contributed by atoms with Crippen LogP contribution in [0, 0.1) is 6.92 Å². The number of hydrogen-bond acceptors (Lipinski definition) is 3. The molecule has 5 nitrogen and oxygen atoms in total. The molecule has 0 aliphatic carbocycles. The summed E-state index contributed by atoms with van der Waals surface area (Å²) in [7, 11) is -3.81. The van der Waals surface area contributed by atoms with Crippen LogP contribution >= 0.6 is 11.6 Å². The summed E-state index contributed by atoms with van der Waals surface area (Å²) in [6.45, 7) is 6.31. The van der Waals surface area contributed by atoms with Gasteiger partial charge in [-0.15, -0.1) is 0 Å². The molecule has 0 unspecified atom stereocenters. The minimum Gasteiger partial charge on any atom is -0.329 e. The molecule has 21 heavy (non-hydrogen) atoms. The highest BCUT2D eigenvalue weighted by Gasteiger charge is 2.18. The molecule has 0 atom stereocenters. The molecule has 7 heteroatoms. The summed E-state index contributed by atoms with van der Waals surface area (Å²) in [5.41, 5.74) is 1.98. The van der Waals surface area contributed by atoms with Crippen LogP contribution in [0.3, 0.4) is 0 Å². The van der Waals surface area contributed by atoms with Gasteiger partial charge in [-0.2, -0.15) is 0 Å². The van der Waals surface area contributed by atoms with E-state index in [1.165, 1.54) is 6.20 Å². The van der Waals surface area contributed by atoms with Gasteiger partial charge in [-0.25, -0.2) is 18.5 Å². The van der Waals surface area contributed by atoms with Gasteiger partial charge in [-0.1, -0.05) is 37.6 Å². The van der Waals surface area contributed by atoms with Gasteiger partial charge in [0.1, 0.15) is 5.82 Å². The Morgan fingerprint density at radius 1 is 1.38 bits per heavy atom. The molecule has 114 valence electrons. The highest BCUT2D eigenvalue weighted by molar-refractivity contribution is 7.89. The van der Waals surface area contributed by atoms with Crippen LogP contribution in [0.1, 0.15) is 36.7 Å². The zero-order valence-corrected chi connectivity index (χ0v) is 13.7. The lowest BCUT2D eigenvalue weighted by molar-refractivity contribution is 0.594. The number of imidazole rings is 1. The maximum Gasteiger partial charge on any atom is 0.257 e. The van der Waals surface area contributed by atoms with Gasteiger partial charge in [-0.05, 0) is 24.1 Å². The van der Waals surface area contributed by atoms with E-state index in [9.17, 15) is 8.42 Å². The molecule has 1 heterocycles. The molecule has 2 aromatic rings. The van der Waals surface area contributed by atoms with Crippen molar-refractivity contribution in [1.82, 2.24) is 9.55 Å². The van der Waals surface area contributed by atoms with Crippen LogP contribution in [0.5, 0.6) is 0 Å². The molecule has 0 spiro atoms. The zero-order valence-electron chi connectivity index (χ0n) is 12.2. The number of primary sulfonamides is 1. The highest BCUT2D eigenvalue weighted by Crippen LogP contribution is 2.22. The van der Waals surface area contributed by atoms with Crippen molar-refractivity contribution in [2.75, 3.05) is 0 Å². The summed E-state index contributed by atoms with van der Waals surface area (Å²) in [6, 6.07) is 5.77. The first kappa shape index (κ1) is 16.0. The van der Waals surface area contributed by atoms with E-state index in [4.69, 9.17) is 16.7 Å². The van der Waals surface area contributed by atoms with E-state index in [1.807, 2.05) is 39.0 Å². The molecule has 0 aliphatic rings. The molecule has 0 saturated heterocycles. The van der Waals surface area contributed by atoms with E-state index in [0.29, 0.717) is 17.4 Å². The van der Waals surface area contributed by atoms with Gasteiger partial charge >= 0.3 is 0 Å². The fourth-order valence-corrected chi connectivity index (χ4v) is 2.88. The second-order valence-corrected chi connectivity index (χ2v) is 7.28. The van der Waals surface area contributed by atoms with Crippen molar-refractivity contribution in [3.8, 4) is 0 Å². The fraction of sp³-hybridized carbons (Fsp3) is 0.357. The summed E-state index contributed by atoms with van der Waals surface area (Å²) >= 11 is 6.23. The second kappa shape index (κ2) is 5.79. The zero-order chi connectivity index (χ0) is 15.8. The molecule has 2 rings (SSSR count). The molecule has 2 N–H and O–H groups in total. The number of nitrogens with two attached hydrogens (primary N) is 1. The van der Waals surface area contributed by atoms with E-state index < -0.39 is 10.0 Å². The summed E-state index contributed by atoms with van der Waals surface area (Å²) in [5, 5.41) is 5.69. The Morgan fingerprint density at radius 3 is 2.57 bits per heavy atom. The van der Waals surface area contributed by atoms with Crippen LogP contribution in [0.2, 0.25) is 5.02 Å². The molecule has 0 radical (unpaired) electrons. The van der Waals surface area contributed by atoms with Crippen LogP contribution in [-0.2, 0) is 16.6 Å². The maximum absolute atomic E-state index is 11.5. The van der Waals surface area contributed by atoms with E-state index in [0.717, 1.165) is 11.1 Å². The first-order valence-corrected chi connectivity index (χ1v) is 8.46. The standard InChI is InChI=1S/C14H18ClN3O2S/c1-9(2)14-17-13(21(16,19)20)8-18(14)7-11-5-4-10(3)6-12(11)15/h4-6,8-9H,7H2,1-3H3,(H2,16,19,20). The van der Waals surface area contributed by atoms with E-state index >= 15 is 0 Å². The van der Waals surface area contributed by atoms with E-state index in [-0.39, 0.29) is 10.9 Å². The monoisotopic (exact) mass is 327 g/mol. The van der Waals surface area contributed by atoms with Crippen LogP contribution in [-0.4, -0.2) is 18.0 Å². The first-order chi connectivity index (χ1) is 9.68. The van der Waals surface area contributed by atoms with Crippen molar-refractivity contribution in [2.24, 2.45) is 5.14 Å². The molecule has 0 saturated carbocycles. The lowest BCUT2D eigenvalue weighted by Crippen LogP contribution is -2.12. The predicted molar refractivity (Wildman–Crippen MR) is 83.0 cm³/mol. The van der Waals surface area contributed by atoms with Crippen LogP contribution in [0.25, 0.3) is 0 Å². The van der Waals surface area contributed by atoms with Crippen molar-refractivity contribution in [1.29, 1.82) is 0 Å². The molecule has 1 aromatic carbocycles. The summed E-state index contributed by atoms with van der Waals surface area (Å²) < 4.78 is 24.7. The van der Waals surface area contributed by atoms with Crippen molar-refractivity contribution in [2.45, 2.75) is 38.3 Å². The maximum atomic E-state index is 11.5. The van der Waals surface area contributed by atoms with Gasteiger partial charge in [0.2, 0.25) is 0 Å². The van der Waals surface area contributed by atoms with E-state index in [1.54, 1.807) is 4.57 Å². The summed E-state index contributed by atoms with van der Waals surface area (Å²) in [4.78, 5) is 4.13. The number of halogens is 1. The van der Waals surface area contributed by atoms with Gasteiger partial charge in [0.15, 0.2) is 5.03 Å². The Bertz CT molecular complexity index is 767. The number of nitrogens with zero attached hydrogens (tertiary/aromatic N) is 2. The smallest absolute Gasteiger partial charge is 0.257 e. The number of benzene rings is 1. The lowest BCUT2D eigenvalue weighted by Gasteiger charge is -2.11. The molecular formula is C14H18ClN3O2S. The SMILES string of the molecule is Cc1ccc(Cn2cc(S(N)(=O)=O)nc2C(C)C)c(Cl)c1. The largest absolute Gasteiger partial charge is 0.329 e. The minimum absolute atomic E-state index is 0.0738. The molecule has 0 aliphatic heterocycles. The Labute approximate surface area is 129 Å². The van der Waals surface area contributed by atoms with Crippen LogP contribution in [0.4, 0.5) is 0 Å². The topological polar surface area (TPSA) is 78.0 Å². The highest BCUT2D eigenvalue weighted by atomic mass is 35.5. The lowest BCUT2D eigenvalue weighted by atomic mass is 10.1. The van der Waals surface area contributed by atoms with Crippen molar-refractivity contribution < 1.29 is 8.42 Å². The first-order valence-electron chi connectivity index (χ1n) is 6.53. The van der Waals surface area contributed by atoms with Gasteiger partial charge < -0.3 is 4.57 Å². The molecule has 1 aromatic heterocycles. The number of aromatic nitrogens is 2. The minimum atomic E-state index is -3.81. The Balaban J connectivity index is 2.45. The van der Waals surface area contributed by atoms with Gasteiger partial charge in [-0.3, -0.25) is 0 Å². The molecule has 0 amide bonds. The van der Waals surface area contributed by atoms with Gasteiger partial charge in [0, 0.05) is 17.1 Å². The number of aryl methyl sites for hydroxylation is 1. The average Bonchev–Trinajstić information content (AvgIpc) is 2.76. The molecular weight excluding hydrogens is 310 g/mol. The van der Waals surface area contributed by atoms with Crippen LogP contribution < -0.4 is 5.14 Å². The number of sulfonamides is 1. The number of hydrogen-bond donors (Lipinski definition) is 1. The van der Waals surface area contributed by atoms with E-state index in [2.05, 4.69) is 4.98 Å². The normalized spacial score (nSPS) is 12.1. The third kappa shape index (κ3) is 3.64. The van der Waals surface area contributed by atoms with Gasteiger partial charge in [0.05, 0.1) is 6.54 Å². The predicted octanol–water partition coefficient (Wildman–Crippen LogP) is 2.66. The number of rotatable bonds is 4. The van der Waals surface area contributed by atoms with Crippen molar-refractivity contribution in [3.63, 3.8) is 0 Å². The third-order valence-electron chi connectivity index (χ3n) is 3.14. The van der Waals surface area contributed by atoms with Crippen LogP contribution in [0.15, 0.2) is 29.4 Å². The van der Waals surface area contributed by atoms with Crippen molar-refractivity contribution >= 4 is 21.6 Å². The quantitative estimate of drug-likeness (QED) is 0.937. The second-order valence-electron chi connectivity index (χ2n) is 5.36. The Kier molecular flexibility index (Phi) is 4.41. The summed E-state index contributed by atoms with van der Waals surface area (Å²) in [6.07, 6.45) is 1.46. The Morgan fingerprint density at radius 2 is 2.05 bits per heavy atom.